The minimum absolute atomic E-state index is 0.466. The highest BCUT2D eigenvalue weighted by Gasteiger charge is 2.30. The van der Waals surface area contributed by atoms with Crippen molar-refractivity contribution in [2.75, 3.05) is 4.72 Å². The van der Waals surface area contributed by atoms with Crippen LogP contribution in [0, 0.1) is 11.6 Å². The van der Waals surface area contributed by atoms with Gasteiger partial charge in [0.05, 0.1) is 10.9 Å². The number of halogens is 2. The Morgan fingerprint density at radius 2 is 1.85 bits per heavy atom. The second-order valence-corrected chi connectivity index (χ2v) is 6.66. The maximum Gasteiger partial charge on any atom is 0.254 e. The molecule has 1 saturated carbocycles. The maximum absolute atomic E-state index is 13.9. The largest absolute Gasteiger partial charge is 0.365 e. The number of carbonyl (C=O) groups is 1. The standard InChI is InChI=1S/C12H14F2N2O3S/c13-8-5-6-9(11(14)10(8)12(15)17)16-20(18,19)7-3-1-2-4-7/h5-7,16H,1-4H2,(H2,15,17). The molecule has 20 heavy (non-hydrogen) atoms. The lowest BCUT2D eigenvalue weighted by Crippen LogP contribution is -2.26. The van der Waals surface area contributed by atoms with E-state index in [1.54, 1.807) is 0 Å². The Balaban J connectivity index is 2.35. The lowest BCUT2D eigenvalue weighted by Gasteiger charge is -2.14. The van der Waals surface area contributed by atoms with Crippen LogP contribution in [0.1, 0.15) is 36.0 Å². The van der Waals surface area contributed by atoms with Crippen LogP contribution in [0.2, 0.25) is 0 Å². The van der Waals surface area contributed by atoms with Gasteiger partial charge in [-0.15, -0.1) is 0 Å². The summed E-state index contributed by atoms with van der Waals surface area (Å²) in [5.41, 5.74) is 3.46. The van der Waals surface area contributed by atoms with Crippen molar-refractivity contribution in [3.63, 3.8) is 0 Å². The molecular formula is C12H14F2N2O3S. The van der Waals surface area contributed by atoms with Gasteiger partial charge in [0, 0.05) is 0 Å². The lowest BCUT2D eigenvalue weighted by atomic mass is 10.1. The average Bonchev–Trinajstić information content (AvgIpc) is 2.87. The molecule has 3 N–H and O–H groups in total. The monoisotopic (exact) mass is 304 g/mol. The summed E-state index contributed by atoms with van der Waals surface area (Å²) < 4.78 is 53.4. The number of amides is 1. The fourth-order valence-electron chi connectivity index (χ4n) is 2.29. The first-order valence-electron chi connectivity index (χ1n) is 6.12. The number of sulfonamides is 1. The molecule has 0 aromatic heterocycles. The SMILES string of the molecule is NC(=O)c1c(F)ccc(NS(=O)(=O)C2CCCC2)c1F. The lowest BCUT2D eigenvalue weighted by molar-refractivity contribution is 0.0992. The normalized spacial score (nSPS) is 16.3. The van der Waals surface area contributed by atoms with Crippen molar-refractivity contribution in [2.24, 2.45) is 5.73 Å². The minimum atomic E-state index is -3.76. The number of primary amides is 1. The molecule has 0 heterocycles. The molecule has 2 rings (SSSR count). The zero-order valence-corrected chi connectivity index (χ0v) is 11.3. The first-order valence-corrected chi connectivity index (χ1v) is 7.67. The first-order chi connectivity index (χ1) is 9.33. The molecule has 0 spiro atoms. The van der Waals surface area contributed by atoms with Crippen LogP contribution in [0.4, 0.5) is 14.5 Å². The van der Waals surface area contributed by atoms with Gasteiger partial charge in [-0.3, -0.25) is 9.52 Å². The first kappa shape index (κ1) is 14.7. The zero-order chi connectivity index (χ0) is 14.9. The van der Waals surface area contributed by atoms with Crippen LogP contribution in [-0.4, -0.2) is 19.6 Å². The number of anilines is 1. The summed E-state index contributed by atoms with van der Waals surface area (Å²) in [6, 6.07) is 1.74. The van der Waals surface area contributed by atoms with E-state index in [-0.39, 0.29) is 0 Å². The van der Waals surface area contributed by atoms with E-state index in [2.05, 4.69) is 4.72 Å². The van der Waals surface area contributed by atoms with Crippen LogP contribution in [0.25, 0.3) is 0 Å². The second-order valence-electron chi connectivity index (χ2n) is 4.70. The Bertz CT molecular complexity index is 640. The molecule has 0 radical (unpaired) electrons. The molecule has 1 amide bonds. The van der Waals surface area contributed by atoms with Crippen LogP contribution in [0.5, 0.6) is 0 Å². The van der Waals surface area contributed by atoms with Gasteiger partial charge in [-0.2, -0.15) is 0 Å². The van der Waals surface area contributed by atoms with Crippen molar-refractivity contribution in [2.45, 2.75) is 30.9 Å². The van der Waals surface area contributed by atoms with Crippen molar-refractivity contribution in [1.82, 2.24) is 0 Å². The van der Waals surface area contributed by atoms with Crippen molar-refractivity contribution >= 4 is 21.6 Å². The summed E-state index contributed by atoms with van der Waals surface area (Å²) in [7, 11) is -3.76. The Morgan fingerprint density at radius 3 is 2.40 bits per heavy atom. The number of nitrogens with one attached hydrogen (secondary N) is 1. The Morgan fingerprint density at radius 1 is 1.25 bits per heavy atom. The van der Waals surface area contributed by atoms with Gasteiger partial charge in [0.15, 0.2) is 5.82 Å². The zero-order valence-electron chi connectivity index (χ0n) is 10.5. The smallest absolute Gasteiger partial charge is 0.254 e. The summed E-state index contributed by atoms with van der Waals surface area (Å²) in [5, 5.41) is -0.594. The number of rotatable bonds is 4. The van der Waals surface area contributed by atoms with Gasteiger partial charge in [-0.1, -0.05) is 12.8 Å². The van der Waals surface area contributed by atoms with Crippen molar-refractivity contribution in [1.29, 1.82) is 0 Å². The number of hydrogen-bond donors (Lipinski definition) is 2. The van der Waals surface area contributed by atoms with E-state index in [0.29, 0.717) is 12.8 Å². The Hall–Kier alpha value is -1.70. The topological polar surface area (TPSA) is 89.3 Å². The highest BCUT2D eigenvalue weighted by atomic mass is 32.2. The number of nitrogens with two attached hydrogens (primary N) is 1. The molecular weight excluding hydrogens is 290 g/mol. The molecule has 1 aromatic rings. The van der Waals surface area contributed by atoms with E-state index >= 15 is 0 Å². The van der Waals surface area contributed by atoms with Crippen LogP contribution >= 0.6 is 0 Å². The van der Waals surface area contributed by atoms with Crippen LogP contribution < -0.4 is 10.5 Å². The molecule has 1 aliphatic rings. The molecule has 8 heteroatoms. The summed E-state index contributed by atoms with van der Waals surface area (Å²) in [6.45, 7) is 0. The molecule has 110 valence electrons. The van der Waals surface area contributed by atoms with Gasteiger partial charge in [-0.05, 0) is 25.0 Å². The third-order valence-corrected chi connectivity index (χ3v) is 5.18. The molecule has 0 bridgehead atoms. The molecule has 0 atom stereocenters. The average molecular weight is 304 g/mol. The maximum atomic E-state index is 13.9. The number of carbonyl (C=O) groups excluding carboxylic acids is 1. The van der Waals surface area contributed by atoms with Crippen LogP contribution in [0.15, 0.2) is 12.1 Å². The highest BCUT2D eigenvalue weighted by Crippen LogP contribution is 2.28. The van der Waals surface area contributed by atoms with Crippen LogP contribution in [0.3, 0.4) is 0 Å². The quantitative estimate of drug-likeness (QED) is 0.888. The second kappa shape index (κ2) is 5.35. The summed E-state index contributed by atoms with van der Waals surface area (Å²) >= 11 is 0. The van der Waals surface area contributed by atoms with Gasteiger partial charge < -0.3 is 5.73 Å². The summed E-state index contributed by atoms with van der Waals surface area (Å²) in [6.07, 6.45) is 2.59. The van der Waals surface area contributed by atoms with E-state index in [1.165, 1.54) is 0 Å². The number of hydrogen-bond acceptors (Lipinski definition) is 3. The van der Waals surface area contributed by atoms with Crippen LogP contribution in [-0.2, 0) is 10.0 Å². The molecule has 0 saturated heterocycles. The van der Waals surface area contributed by atoms with E-state index < -0.39 is 44.1 Å². The fourth-order valence-corrected chi connectivity index (χ4v) is 3.88. The van der Waals surface area contributed by atoms with E-state index in [9.17, 15) is 22.0 Å². The summed E-state index contributed by atoms with van der Waals surface area (Å²) in [4.78, 5) is 11.0. The molecule has 0 aliphatic heterocycles. The molecule has 5 nitrogen and oxygen atoms in total. The molecule has 1 fully saturated rings. The molecule has 0 unspecified atom stereocenters. The molecule has 1 aliphatic carbocycles. The predicted molar refractivity (Wildman–Crippen MR) is 69.7 cm³/mol. The summed E-state index contributed by atoms with van der Waals surface area (Å²) in [5.74, 6) is -3.71. The van der Waals surface area contributed by atoms with Gasteiger partial charge in [0.1, 0.15) is 11.4 Å². The van der Waals surface area contributed by atoms with E-state index in [1.807, 2.05) is 0 Å². The van der Waals surface area contributed by atoms with Crippen molar-refractivity contribution in [3.8, 4) is 0 Å². The number of benzene rings is 1. The van der Waals surface area contributed by atoms with E-state index in [0.717, 1.165) is 25.0 Å². The highest BCUT2D eigenvalue weighted by molar-refractivity contribution is 7.93. The fraction of sp³-hybridized carbons (Fsp3) is 0.417. The minimum Gasteiger partial charge on any atom is -0.365 e. The van der Waals surface area contributed by atoms with Gasteiger partial charge in [-0.25, -0.2) is 17.2 Å². The van der Waals surface area contributed by atoms with Gasteiger partial charge in [0.25, 0.3) is 5.91 Å². The van der Waals surface area contributed by atoms with Gasteiger partial charge in [0.2, 0.25) is 10.0 Å². The van der Waals surface area contributed by atoms with Gasteiger partial charge >= 0.3 is 0 Å². The third-order valence-electron chi connectivity index (χ3n) is 3.33. The third kappa shape index (κ3) is 2.74. The van der Waals surface area contributed by atoms with Crippen molar-refractivity contribution in [3.05, 3.63) is 29.3 Å². The molecule has 1 aromatic carbocycles. The predicted octanol–water partition coefficient (Wildman–Crippen LogP) is 1.75. The van der Waals surface area contributed by atoms with Crippen molar-refractivity contribution < 1.29 is 22.0 Å². The Labute approximate surface area is 115 Å². The Kier molecular flexibility index (Phi) is 3.94. The van der Waals surface area contributed by atoms with E-state index in [4.69, 9.17) is 5.73 Å².